The van der Waals surface area contributed by atoms with E-state index in [4.69, 9.17) is 15.6 Å². The molecule has 0 heterocycles. The van der Waals surface area contributed by atoms with Crippen LogP contribution in [0.2, 0.25) is 0 Å². The van der Waals surface area contributed by atoms with Crippen LogP contribution in [0.5, 0.6) is 5.75 Å². The van der Waals surface area contributed by atoms with Crippen molar-refractivity contribution in [2.24, 2.45) is 5.73 Å². The lowest BCUT2D eigenvalue weighted by atomic mass is 10.0. The minimum absolute atomic E-state index is 0.334. The van der Waals surface area contributed by atoms with Gasteiger partial charge in [0, 0.05) is 0 Å². The van der Waals surface area contributed by atoms with Gasteiger partial charge in [0.15, 0.2) is 0 Å². The molecular weight excluding hydrogens is 206 g/mol. The normalized spacial score (nSPS) is 12.2. The summed E-state index contributed by atoms with van der Waals surface area (Å²) in [6.45, 7) is 3.86. The molecule has 0 aliphatic carbocycles. The van der Waals surface area contributed by atoms with Crippen LogP contribution in [0.25, 0.3) is 0 Å². The molecule has 4 heteroatoms. The van der Waals surface area contributed by atoms with Crippen molar-refractivity contribution in [2.45, 2.75) is 26.3 Å². The van der Waals surface area contributed by atoms with E-state index >= 15 is 0 Å². The summed E-state index contributed by atoms with van der Waals surface area (Å²) in [6, 6.07) is 2.97. The van der Waals surface area contributed by atoms with E-state index in [-0.39, 0.29) is 0 Å². The van der Waals surface area contributed by atoms with Crippen LogP contribution in [0, 0.1) is 13.8 Å². The molecule has 1 aromatic carbocycles. The van der Waals surface area contributed by atoms with Gasteiger partial charge in [0.1, 0.15) is 11.8 Å². The van der Waals surface area contributed by atoms with Crippen LogP contribution in [0.1, 0.15) is 16.7 Å². The first kappa shape index (κ1) is 12.5. The molecule has 88 valence electrons. The predicted octanol–water partition coefficient (Wildman–Crippen LogP) is 1.27. The van der Waals surface area contributed by atoms with E-state index < -0.39 is 12.0 Å². The minimum atomic E-state index is -0.980. The molecule has 0 amide bonds. The Morgan fingerprint density at radius 1 is 1.44 bits per heavy atom. The Labute approximate surface area is 95.0 Å². The molecule has 0 radical (unpaired) electrons. The summed E-state index contributed by atoms with van der Waals surface area (Å²) in [5.74, 6) is -0.140. The van der Waals surface area contributed by atoms with Gasteiger partial charge in [-0.25, -0.2) is 0 Å². The third kappa shape index (κ3) is 2.73. The summed E-state index contributed by atoms with van der Waals surface area (Å²) < 4.78 is 5.24. The highest BCUT2D eigenvalue weighted by atomic mass is 16.5. The highest BCUT2D eigenvalue weighted by Crippen LogP contribution is 2.24. The van der Waals surface area contributed by atoms with Gasteiger partial charge in [0.05, 0.1) is 7.11 Å². The predicted molar refractivity (Wildman–Crippen MR) is 61.8 cm³/mol. The molecule has 0 bridgehead atoms. The molecule has 4 nitrogen and oxygen atoms in total. The highest BCUT2D eigenvalue weighted by Gasteiger charge is 2.13. The number of ether oxygens (including phenoxy) is 1. The van der Waals surface area contributed by atoms with Crippen LogP contribution in [0.3, 0.4) is 0 Å². The first-order chi connectivity index (χ1) is 7.45. The second kappa shape index (κ2) is 4.99. The molecule has 1 rings (SSSR count). The number of hydrogen-bond acceptors (Lipinski definition) is 3. The lowest BCUT2D eigenvalue weighted by molar-refractivity contribution is -0.138. The summed E-state index contributed by atoms with van der Waals surface area (Å²) >= 11 is 0. The first-order valence-electron chi connectivity index (χ1n) is 5.08. The molecule has 0 spiro atoms. The Balaban J connectivity index is 2.96. The van der Waals surface area contributed by atoms with E-state index in [0.29, 0.717) is 6.42 Å². The zero-order chi connectivity index (χ0) is 12.3. The van der Waals surface area contributed by atoms with Crippen LogP contribution in [0.15, 0.2) is 12.1 Å². The summed E-state index contributed by atoms with van der Waals surface area (Å²) in [5, 5.41) is 8.73. The number of aliphatic carboxylic acids is 1. The van der Waals surface area contributed by atoms with Crippen molar-refractivity contribution in [2.75, 3.05) is 7.11 Å². The maximum atomic E-state index is 10.6. The number of nitrogens with two attached hydrogens (primary N) is 1. The Bertz CT molecular complexity index is 378. The van der Waals surface area contributed by atoms with Crippen molar-refractivity contribution in [1.29, 1.82) is 0 Å². The molecular formula is C12H17NO3. The van der Waals surface area contributed by atoms with E-state index in [1.807, 2.05) is 26.0 Å². The van der Waals surface area contributed by atoms with E-state index in [0.717, 1.165) is 22.4 Å². The minimum Gasteiger partial charge on any atom is -0.496 e. The molecule has 3 N–H and O–H groups in total. The largest absolute Gasteiger partial charge is 0.496 e. The van der Waals surface area contributed by atoms with Crippen molar-refractivity contribution in [3.8, 4) is 5.75 Å². The topological polar surface area (TPSA) is 72.5 Å². The number of carbonyl (C=O) groups is 1. The summed E-state index contributed by atoms with van der Waals surface area (Å²) in [4.78, 5) is 10.6. The quantitative estimate of drug-likeness (QED) is 0.806. The Hall–Kier alpha value is -1.55. The fourth-order valence-electron chi connectivity index (χ4n) is 1.82. The maximum Gasteiger partial charge on any atom is 0.320 e. The lowest BCUT2D eigenvalue weighted by Gasteiger charge is -2.12. The van der Waals surface area contributed by atoms with Crippen molar-refractivity contribution in [3.63, 3.8) is 0 Å². The number of carboxylic acids is 1. The second-order valence-electron chi connectivity index (χ2n) is 3.91. The van der Waals surface area contributed by atoms with Gasteiger partial charge in [-0.05, 0) is 37.0 Å². The average Bonchev–Trinajstić information content (AvgIpc) is 2.16. The van der Waals surface area contributed by atoms with E-state index in [9.17, 15) is 4.79 Å². The zero-order valence-electron chi connectivity index (χ0n) is 9.78. The van der Waals surface area contributed by atoms with Gasteiger partial charge >= 0.3 is 5.97 Å². The molecule has 1 aromatic rings. The first-order valence-corrected chi connectivity index (χ1v) is 5.08. The monoisotopic (exact) mass is 223 g/mol. The standard InChI is InChI=1S/C12H17NO3/c1-7-4-9(6-10(13)12(14)15)5-8(2)11(7)16-3/h4-5,10H,6,13H2,1-3H3,(H,14,15). The Morgan fingerprint density at radius 3 is 2.31 bits per heavy atom. The third-order valence-electron chi connectivity index (χ3n) is 2.50. The number of carboxylic acid groups (broad SMARTS) is 1. The van der Waals surface area contributed by atoms with Crippen LogP contribution in [-0.4, -0.2) is 24.2 Å². The van der Waals surface area contributed by atoms with Crippen molar-refractivity contribution < 1.29 is 14.6 Å². The maximum absolute atomic E-state index is 10.6. The van der Waals surface area contributed by atoms with Crippen LogP contribution >= 0.6 is 0 Å². The fourth-order valence-corrected chi connectivity index (χ4v) is 1.82. The second-order valence-corrected chi connectivity index (χ2v) is 3.91. The fraction of sp³-hybridized carbons (Fsp3) is 0.417. The van der Waals surface area contributed by atoms with Gasteiger partial charge in [-0.15, -0.1) is 0 Å². The van der Waals surface area contributed by atoms with E-state index in [1.54, 1.807) is 7.11 Å². The molecule has 16 heavy (non-hydrogen) atoms. The van der Waals surface area contributed by atoms with E-state index in [2.05, 4.69) is 0 Å². The number of methoxy groups -OCH3 is 1. The number of hydrogen-bond donors (Lipinski definition) is 2. The molecule has 1 unspecified atom stereocenters. The zero-order valence-corrected chi connectivity index (χ0v) is 9.78. The summed E-state index contributed by atoms with van der Waals surface area (Å²) in [5.41, 5.74) is 8.40. The van der Waals surface area contributed by atoms with Gasteiger partial charge in [-0.2, -0.15) is 0 Å². The lowest BCUT2D eigenvalue weighted by Crippen LogP contribution is -2.32. The number of rotatable bonds is 4. The molecule has 0 fully saturated rings. The molecule has 0 saturated heterocycles. The Kier molecular flexibility index (Phi) is 3.90. The molecule has 1 atom stereocenters. The van der Waals surface area contributed by atoms with Crippen molar-refractivity contribution in [3.05, 3.63) is 28.8 Å². The van der Waals surface area contributed by atoms with Crippen LogP contribution < -0.4 is 10.5 Å². The number of benzene rings is 1. The summed E-state index contributed by atoms with van der Waals surface area (Å²) in [7, 11) is 1.62. The highest BCUT2D eigenvalue weighted by molar-refractivity contribution is 5.73. The van der Waals surface area contributed by atoms with Gasteiger partial charge in [0.25, 0.3) is 0 Å². The van der Waals surface area contributed by atoms with Crippen LogP contribution in [0.4, 0.5) is 0 Å². The molecule has 0 aromatic heterocycles. The van der Waals surface area contributed by atoms with Gasteiger partial charge in [-0.3, -0.25) is 4.79 Å². The SMILES string of the molecule is COc1c(C)cc(CC(N)C(=O)O)cc1C. The van der Waals surface area contributed by atoms with E-state index in [1.165, 1.54) is 0 Å². The summed E-state index contributed by atoms with van der Waals surface area (Å²) in [6.07, 6.45) is 0.334. The molecule has 0 saturated carbocycles. The van der Waals surface area contributed by atoms with Gasteiger partial charge in [0.2, 0.25) is 0 Å². The van der Waals surface area contributed by atoms with Crippen molar-refractivity contribution >= 4 is 5.97 Å². The molecule has 0 aliphatic heterocycles. The third-order valence-corrected chi connectivity index (χ3v) is 2.50. The average molecular weight is 223 g/mol. The number of aryl methyl sites for hydroxylation is 2. The van der Waals surface area contributed by atoms with Crippen LogP contribution in [-0.2, 0) is 11.2 Å². The Morgan fingerprint density at radius 2 is 1.94 bits per heavy atom. The van der Waals surface area contributed by atoms with Gasteiger partial charge < -0.3 is 15.6 Å². The van der Waals surface area contributed by atoms with Gasteiger partial charge in [-0.1, -0.05) is 12.1 Å². The molecule has 0 aliphatic rings. The smallest absolute Gasteiger partial charge is 0.320 e. The van der Waals surface area contributed by atoms with Crippen molar-refractivity contribution in [1.82, 2.24) is 0 Å².